The zero-order chi connectivity index (χ0) is 21.6. The van der Waals surface area contributed by atoms with Crippen LogP contribution in [0.1, 0.15) is 16.8 Å². The van der Waals surface area contributed by atoms with E-state index in [1.54, 1.807) is 65.8 Å². The van der Waals surface area contributed by atoms with Gasteiger partial charge in [-0.2, -0.15) is 0 Å². The molecule has 4 rings (SSSR count). The molecule has 2 heterocycles. The quantitative estimate of drug-likeness (QED) is 0.550. The van der Waals surface area contributed by atoms with E-state index in [0.717, 1.165) is 6.42 Å². The van der Waals surface area contributed by atoms with Gasteiger partial charge in [-0.05, 0) is 48.5 Å². The van der Waals surface area contributed by atoms with Gasteiger partial charge in [0, 0.05) is 30.4 Å². The van der Waals surface area contributed by atoms with E-state index in [0.29, 0.717) is 41.5 Å². The van der Waals surface area contributed by atoms with Gasteiger partial charge in [0.05, 0.1) is 24.1 Å². The van der Waals surface area contributed by atoms with Gasteiger partial charge in [-0.25, -0.2) is 4.79 Å². The Kier molecular flexibility index (Phi) is 5.98. The molecule has 1 aliphatic heterocycles. The fourth-order valence-corrected chi connectivity index (χ4v) is 3.33. The van der Waals surface area contributed by atoms with E-state index in [-0.39, 0.29) is 18.0 Å². The van der Waals surface area contributed by atoms with Gasteiger partial charge in [-0.1, -0.05) is 12.1 Å². The smallest absolute Gasteiger partial charge is 0.321 e. The number of ether oxygens (including phenoxy) is 1. The van der Waals surface area contributed by atoms with Crippen LogP contribution in [0.15, 0.2) is 73.1 Å². The SMILES string of the molecule is Nc1ccccc1NC(=O)c1ccc(NC(=O)N2CCC(Oc3cccnc3)C2)cc1. The van der Waals surface area contributed by atoms with Crippen LogP contribution in [0.25, 0.3) is 0 Å². The number of anilines is 3. The van der Waals surface area contributed by atoms with Crippen LogP contribution < -0.4 is 21.1 Å². The van der Waals surface area contributed by atoms with Crippen LogP contribution in [-0.4, -0.2) is 41.0 Å². The van der Waals surface area contributed by atoms with Gasteiger partial charge in [0.1, 0.15) is 11.9 Å². The molecule has 0 radical (unpaired) electrons. The number of hydrogen-bond acceptors (Lipinski definition) is 5. The summed E-state index contributed by atoms with van der Waals surface area (Å²) in [4.78, 5) is 30.7. The number of carbonyl (C=O) groups excluding carboxylic acids is 2. The summed E-state index contributed by atoms with van der Waals surface area (Å²) in [6.07, 6.45) is 4.04. The van der Waals surface area contributed by atoms with Crippen molar-refractivity contribution < 1.29 is 14.3 Å². The van der Waals surface area contributed by atoms with E-state index in [1.165, 1.54) is 0 Å². The summed E-state index contributed by atoms with van der Waals surface area (Å²) in [6.45, 7) is 1.11. The monoisotopic (exact) mass is 417 g/mol. The van der Waals surface area contributed by atoms with Gasteiger partial charge in [-0.15, -0.1) is 0 Å². The number of benzene rings is 2. The van der Waals surface area contributed by atoms with Crippen LogP contribution >= 0.6 is 0 Å². The predicted molar refractivity (Wildman–Crippen MR) is 119 cm³/mol. The Morgan fingerprint density at radius 1 is 1.03 bits per heavy atom. The molecule has 158 valence electrons. The van der Waals surface area contributed by atoms with Crippen molar-refractivity contribution >= 4 is 29.0 Å². The maximum atomic E-state index is 12.6. The van der Waals surface area contributed by atoms with E-state index >= 15 is 0 Å². The van der Waals surface area contributed by atoms with Crippen LogP contribution in [0.2, 0.25) is 0 Å². The summed E-state index contributed by atoms with van der Waals surface area (Å²) in [5, 5.41) is 5.64. The molecule has 8 heteroatoms. The maximum Gasteiger partial charge on any atom is 0.321 e. The van der Waals surface area contributed by atoms with E-state index in [2.05, 4.69) is 15.6 Å². The lowest BCUT2D eigenvalue weighted by molar-refractivity contribution is 0.102. The molecule has 1 unspecified atom stereocenters. The average Bonchev–Trinajstić information content (AvgIpc) is 3.25. The number of para-hydroxylation sites is 2. The number of urea groups is 1. The molecule has 8 nitrogen and oxygen atoms in total. The molecule has 1 fully saturated rings. The van der Waals surface area contributed by atoms with Crippen molar-refractivity contribution in [1.82, 2.24) is 9.88 Å². The molecule has 3 aromatic rings. The topological polar surface area (TPSA) is 110 Å². The highest BCUT2D eigenvalue weighted by Gasteiger charge is 2.27. The molecule has 0 saturated carbocycles. The summed E-state index contributed by atoms with van der Waals surface area (Å²) in [6, 6.07) is 17.2. The first-order chi connectivity index (χ1) is 15.1. The normalized spacial score (nSPS) is 15.4. The molecule has 0 spiro atoms. The molecule has 1 aromatic heterocycles. The number of nitrogens with one attached hydrogen (secondary N) is 2. The Labute approximate surface area is 180 Å². The van der Waals surface area contributed by atoms with E-state index in [4.69, 9.17) is 10.5 Å². The summed E-state index contributed by atoms with van der Waals surface area (Å²) in [5.41, 5.74) is 7.99. The third-order valence-electron chi connectivity index (χ3n) is 4.98. The van der Waals surface area contributed by atoms with Crippen molar-refractivity contribution in [3.05, 3.63) is 78.6 Å². The second-order valence-electron chi connectivity index (χ2n) is 7.21. The number of nitrogens with two attached hydrogens (primary N) is 1. The van der Waals surface area contributed by atoms with Gasteiger partial charge in [0.15, 0.2) is 0 Å². The summed E-state index contributed by atoms with van der Waals surface area (Å²) < 4.78 is 5.87. The zero-order valence-electron chi connectivity index (χ0n) is 16.8. The van der Waals surface area contributed by atoms with Gasteiger partial charge in [-0.3, -0.25) is 9.78 Å². The number of hydrogen-bond donors (Lipinski definition) is 3. The van der Waals surface area contributed by atoms with Gasteiger partial charge in [0.25, 0.3) is 5.91 Å². The Bertz CT molecular complexity index is 1060. The predicted octanol–water partition coefficient (Wildman–Crippen LogP) is 3.60. The minimum absolute atomic E-state index is 0.0635. The molecule has 4 N–H and O–H groups in total. The molecule has 1 saturated heterocycles. The van der Waals surface area contributed by atoms with Gasteiger partial charge < -0.3 is 26.0 Å². The zero-order valence-corrected chi connectivity index (χ0v) is 16.8. The molecule has 31 heavy (non-hydrogen) atoms. The minimum atomic E-state index is -0.272. The third-order valence-corrected chi connectivity index (χ3v) is 4.98. The van der Waals surface area contributed by atoms with Gasteiger partial charge >= 0.3 is 6.03 Å². The first-order valence-corrected chi connectivity index (χ1v) is 9.97. The second-order valence-corrected chi connectivity index (χ2v) is 7.21. The highest BCUT2D eigenvalue weighted by Crippen LogP contribution is 2.20. The lowest BCUT2D eigenvalue weighted by Crippen LogP contribution is -2.34. The van der Waals surface area contributed by atoms with Crippen molar-refractivity contribution in [2.75, 3.05) is 29.5 Å². The van der Waals surface area contributed by atoms with E-state index < -0.39 is 0 Å². The number of carbonyl (C=O) groups is 2. The lowest BCUT2D eigenvalue weighted by Gasteiger charge is -2.18. The summed E-state index contributed by atoms with van der Waals surface area (Å²) in [7, 11) is 0. The van der Waals surface area contributed by atoms with Crippen molar-refractivity contribution in [2.24, 2.45) is 0 Å². The Morgan fingerprint density at radius 3 is 2.58 bits per heavy atom. The van der Waals surface area contributed by atoms with Crippen LogP contribution in [0.4, 0.5) is 21.9 Å². The number of likely N-dealkylation sites (tertiary alicyclic amines) is 1. The molecule has 0 bridgehead atoms. The number of amides is 3. The summed E-state index contributed by atoms with van der Waals surface area (Å²) in [5.74, 6) is 0.423. The van der Waals surface area contributed by atoms with E-state index in [1.807, 2.05) is 12.1 Å². The Hall–Kier alpha value is -4.07. The number of nitrogen functional groups attached to an aromatic ring is 1. The number of pyridine rings is 1. The van der Waals surface area contributed by atoms with E-state index in [9.17, 15) is 9.59 Å². The number of rotatable bonds is 5. The largest absolute Gasteiger partial charge is 0.487 e. The lowest BCUT2D eigenvalue weighted by atomic mass is 10.2. The third kappa shape index (κ3) is 5.11. The van der Waals surface area contributed by atoms with Crippen molar-refractivity contribution in [1.29, 1.82) is 0 Å². The number of nitrogens with zero attached hydrogens (tertiary/aromatic N) is 2. The van der Waals surface area contributed by atoms with Crippen molar-refractivity contribution in [3.63, 3.8) is 0 Å². The number of aromatic nitrogens is 1. The minimum Gasteiger partial charge on any atom is -0.487 e. The Balaban J connectivity index is 1.30. The molecule has 2 aromatic carbocycles. The highest BCUT2D eigenvalue weighted by molar-refractivity contribution is 6.06. The molecule has 1 atom stereocenters. The fourth-order valence-electron chi connectivity index (χ4n) is 3.33. The summed E-state index contributed by atoms with van der Waals surface area (Å²) >= 11 is 0. The van der Waals surface area contributed by atoms with Crippen molar-refractivity contribution in [2.45, 2.75) is 12.5 Å². The first kappa shape index (κ1) is 20.2. The van der Waals surface area contributed by atoms with Gasteiger partial charge in [0.2, 0.25) is 0 Å². The molecule has 1 aliphatic rings. The fraction of sp³-hybridized carbons (Fsp3) is 0.174. The molecular weight excluding hydrogens is 394 g/mol. The molecule has 0 aliphatic carbocycles. The standard InChI is InChI=1S/C23H23N5O3/c24-20-5-1-2-6-21(20)27-22(29)16-7-9-17(10-8-16)26-23(30)28-13-11-19(15-28)31-18-4-3-12-25-14-18/h1-10,12,14,19H,11,13,15,24H2,(H,26,30)(H,27,29). The van der Waals surface area contributed by atoms with Crippen LogP contribution in [-0.2, 0) is 0 Å². The van der Waals surface area contributed by atoms with Crippen LogP contribution in [0, 0.1) is 0 Å². The average molecular weight is 417 g/mol. The maximum absolute atomic E-state index is 12.6. The van der Waals surface area contributed by atoms with Crippen LogP contribution in [0.5, 0.6) is 5.75 Å². The Morgan fingerprint density at radius 2 is 1.84 bits per heavy atom. The molecular formula is C23H23N5O3. The second kappa shape index (κ2) is 9.17. The highest BCUT2D eigenvalue weighted by atomic mass is 16.5. The molecule has 3 amide bonds. The first-order valence-electron chi connectivity index (χ1n) is 9.97. The van der Waals surface area contributed by atoms with Crippen LogP contribution in [0.3, 0.4) is 0 Å². The van der Waals surface area contributed by atoms with Crippen molar-refractivity contribution in [3.8, 4) is 5.75 Å².